The van der Waals surface area contributed by atoms with Crippen molar-refractivity contribution in [3.05, 3.63) is 49.1 Å². The van der Waals surface area contributed by atoms with E-state index in [0.717, 1.165) is 20.3 Å². The molecule has 1 aromatic carbocycles. The molecule has 0 saturated heterocycles. The molecule has 6 heteroatoms. The summed E-state index contributed by atoms with van der Waals surface area (Å²) in [5.41, 5.74) is 2.37. The minimum atomic E-state index is 0.0288. The van der Waals surface area contributed by atoms with E-state index in [2.05, 4.69) is 37.0 Å². The van der Waals surface area contributed by atoms with Gasteiger partial charge in [-0.25, -0.2) is 0 Å². The summed E-state index contributed by atoms with van der Waals surface area (Å²) in [6.45, 7) is 1.90. The van der Waals surface area contributed by atoms with Crippen LogP contribution in [0.4, 0.5) is 0 Å². The highest BCUT2D eigenvalue weighted by Gasteiger charge is 2.16. The number of carbonyl (C=O) groups is 1. The minimum Gasteiger partial charge on any atom is -0.294 e. The molecule has 1 aromatic heterocycles. The largest absolute Gasteiger partial charge is 0.294 e. The summed E-state index contributed by atoms with van der Waals surface area (Å²) in [5, 5.41) is 4.87. The maximum Gasteiger partial charge on any atom is 0.168 e. The van der Waals surface area contributed by atoms with Crippen LogP contribution in [0.1, 0.15) is 21.7 Å². The second kappa shape index (κ2) is 5.77. The van der Waals surface area contributed by atoms with Crippen molar-refractivity contribution in [2.75, 3.05) is 0 Å². The van der Waals surface area contributed by atoms with Crippen LogP contribution < -0.4 is 0 Å². The fraction of sp³-hybridized carbons (Fsp3) is 0.231. The lowest BCUT2D eigenvalue weighted by molar-refractivity contribution is 0.0990. The Morgan fingerprint density at radius 1 is 1.42 bits per heavy atom. The number of rotatable bonds is 3. The van der Waals surface area contributed by atoms with Crippen molar-refractivity contribution >= 4 is 49.2 Å². The summed E-state index contributed by atoms with van der Waals surface area (Å²) >= 11 is 12.7. The molecule has 3 nitrogen and oxygen atoms in total. The highest BCUT2D eigenvalue weighted by atomic mass is 79.9. The average molecular weight is 407 g/mol. The van der Waals surface area contributed by atoms with Gasteiger partial charge >= 0.3 is 0 Å². The lowest BCUT2D eigenvalue weighted by Crippen LogP contribution is -2.08. The van der Waals surface area contributed by atoms with Gasteiger partial charge < -0.3 is 0 Å². The lowest BCUT2D eigenvalue weighted by Gasteiger charge is -2.04. The number of aryl methyl sites for hydroxylation is 2. The molecule has 100 valence electrons. The van der Waals surface area contributed by atoms with Crippen molar-refractivity contribution in [2.45, 2.75) is 13.3 Å². The first-order valence-electron chi connectivity index (χ1n) is 5.56. The molecule has 0 bridgehead atoms. The Labute approximate surface area is 133 Å². The van der Waals surface area contributed by atoms with E-state index < -0.39 is 0 Å². The van der Waals surface area contributed by atoms with Crippen molar-refractivity contribution in [3.8, 4) is 0 Å². The van der Waals surface area contributed by atoms with E-state index in [1.807, 2.05) is 14.0 Å². The standard InChI is InChI=1S/C13H11Br2ClN2O/c1-7-13(15)11(18(2)17-7)6-12(19)8-3-4-10(16)9(14)5-8/h3-5H,6H2,1-2H3. The van der Waals surface area contributed by atoms with Crippen LogP contribution in [0.25, 0.3) is 0 Å². The van der Waals surface area contributed by atoms with Gasteiger partial charge in [0.2, 0.25) is 0 Å². The van der Waals surface area contributed by atoms with Crippen LogP contribution in [0, 0.1) is 6.92 Å². The predicted molar refractivity (Wildman–Crippen MR) is 82.8 cm³/mol. The van der Waals surface area contributed by atoms with Crippen molar-refractivity contribution in [1.29, 1.82) is 0 Å². The van der Waals surface area contributed by atoms with E-state index in [9.17, 15) is 4.79 Å². The molecule has 0 fully saturated rings. The number of nitrogens with zero attached hydrogens (tertiary/aromatic N) is 2. The van der Waals surface area contributed by atoms with Crippen LogP contribution in [0.3, 0.4) is 0 Å². The molecule has 0 saturated carbocycles. The van der Waals surface area contributed by atoms with E-state index in [-0.39, 0.29) is 5.78 Å². The van der Waals surface area contributed by atoms with Crippen molar-refractivity contribution in [1.82, 2.24) is 9.78 Å². The van der Waals surface area contributed by atoms with Crippen LogP contribution in [0.5, 0.6) is 0 Å². The molecule has 0 spiro atoms. The highest BCUT2D eigenvalue weighted by molar-refractivity contribution is 9.10. The molecule has 0 unspecified atom stereocenters. The second-order valence-corrected chi connectivity index (χ2v) is 6.25. The first-order chi connectivity index (χ1) is 8.90. The number of hydrogen-bond acceptors (Lipinski definition) is 2. The molecule has 0 N–H and O–H groups in total. The summed E-state index contributed by atoms with van der Waals surface area (Å²) in [7, 11) is 1.83. The quantitative estimate of drug-likeness (QED) is 0.711. The molecule has 0 aliphatic carbocycles. The molecule has 19 heavy (non-hydrogen) atoms. The summed E-state index contributed by atoms with van der Waals surface area (Å²) in [4.78, 5) is 12.3. The van der Waals surface area contributed by atoms with Gasteiger partial charge in [0.1, 0.15) is 0 Å². The fourth-order valence-electron chi connectivity index (χ4n) is 1.80. The molecular weight excluding hydrogens is 395 g/mol. The number of ketones is 1. The van der Waals surface area contributed by atoms with Crippen molar-refractivity contribution < 1.29 is 4.79 Å². The number of Topliss-reactive ketones (excluding diaryl/α,β-unsaturated/α-hetero) is 1. The third kappa shape index (κ3) is 3.09. The number of hydrogen-bond donors (Lipinski definition) is 0. The zero-order chi connectivity index (χ0) is 14.2. The average Bonchev–Trinajstić information content (AvgIpc) is 2.59. The number of benzene rings is 1. The summed E-state index contributed by atoms with van der Waals surface area (Å²) in [6, 6.07) is 5.18. The van der Waals surface area contributed by atoms with E-state index in [4.69, 9.17) is 11.6 Å². The maximum atomic E-state index is 12.3. The molecule has 2 aromatic rings. The van der Waals surface area contributed by atoms with Gasteiger partial charge in [-0.3, -0.25) is 9.48 Å². The van der Waals surface area contributed by atoms with Gasteiger partial charge in [0, 0.05) is 17.1 Å². The van der Waals surface area contributed by atoms with Crippen LogP contribution in [-0.2, 0) is 13.5 Å². The van der Waals surface area contributed by atoms with Crippen LogP contribution in [-0.4, -0.2) is 15.6 Å². The first kappa shape index (κ1) is 14.8. The molecule has 2 rings (SSSR count). The Bertz CT molecular complexity index is 652. The van der Waals surface area contributed by atoms with E-state index >= 15 is 0 Å². The van der Waals surface area contributed by atoms with Gasteiger partial charge in [-0.1, -0.05) is 11.6 Å². The van der Waals surface area contributed by atoms with Gasteiger partial charge in [0.05, 0.1) is 27.3 Å². The molecule has 0 radical (unpaired) electrons. The summed E-state index contributed by atoms with van der Waals surface area (Å²) < 4.78 is 3.33. The molecule has 1 heterocycles. The Hall–Kier alpha value is -0.650. The Morgan fingerprint density at radius 3 is 2.63 bits per heavy atom. The predicted octanol–water partition coefficient (Wildman–Crippen LogP) is 4.33. The van der Waals surface area contributed by atoms with Crippen LogP contribution in [0.15, 0.2) is 27.1 Å². The SMILES string of the molecule is Cc1nn(C)c(CC(=O)c2ccc(Cl)c(Br)c2)c1Br. The number of aromatic nitrogens is 2. The highest BCUT2D eigenvalue weighted by Crippen LogP contribution is 2.25. The number of carbonyl (C=O) groups excluding carboxylic acids is 1. The molecule has 0 aliphatic heterocycles. The monoisotopic (exact) mass is 404 g/mol. The molecule has 0 aliphatic rings. The Morgan fingerprint density at radius 2 is 2.11 bits per heavy atom. The smallest absolute Gasteiger partial charge is 0.168 e. The van der Waals surface area contributed by atoms with E-state index in [0.29, 0.717) is 17.0 Å². The third-order valence-electron chi connectivity index (χ3n) is 2.83. The van der Waals surface area contributed by atoms with Crippen LogP contribution >= 0.6 is 43.5 Å². The van der Waals surface area contributed by atoms with Crippen molar-refractivity contribution in [3.63, 3.8) is 0 Å². The molecular formula is C13H11Br2ClN2O. The second-order valence-electron chi connectivity index (χ2n) is 4.20. The Kier molecular flexibility index (Phi) is 4.48. The zero-order valence-electron chi connectivity index (χ0n) is 10.4. The van der Waals surface area contributed by atoms with Gasteiger partial charge in [0.25, 0.3) is 0 Å². The summed E-state index contributed by atoms with van der Waals surface area (Å²) in [5.74, 6) is 0.0288. The fourth-order valence-corrected chi connectivity index (χ4v) is 2.77. The Balaban J connectivity index is 2.28. The lowest BCUT2D eigenvalue weighted by atomic mass is 10.1. The first-order valence-corrected chi connectivity index (χ1v) is 7.52. The van der Waals surface area contributed by atoms with Gasteiger partial charge in [-0.15, -0.1) is 0 Å². The third-order valence-corrected chi connectivity index (χ3v) is 5.08. The van der Waals surface area contributed by atoms with Gasteiger partial charge in [0.15, 0.2) is 5.78 Å². The van der Waals surface area contributed by atoms with E-state index in [1.54, 1.807) is 22.9 Å². The molecule has 0 atom stereocenters. The molecule has 0 amide bonds. The van der Waals surface area contributed by atoms with Gasteiger partial charge in [-0.2, -0.15) is 5.10 Å². The topological polar surface area (TPSA) is 34.9 Å². The van der Waals surface area contributed by atoms with E-state index in [1.165, 1.54) is 0 Å². The minimum absolute atomic E-state index is 0.0288. The maximum absolute atomic E-state index is 12.3. The zero-order valence-corrected chi connectivity index (χ0v) is 14.3. The van der Waals surface area contributed by atoms with Crippen LogP contribution in [0.2, 0.25) is 5.02 Å². The normalized spacial score (nSPS) is 10.8. The van der Waals surface area contributed by atoms with Crippen molar-refractivity contribution in [2.24, 2.45) is 7.05 Å². The van der Waals surface area contributed by atoms with Gasteiger partial charge in [-0.05, 0) is 57.0 Å². The number of halogens is 3. The summed E-state index contributed by atoms with van der Waals surface area (Å²) in [6.07, 6.45) is 0.298.